The van der Waals surface area contributed by atoms with Gasteiger partial charge in [0.25, 0.3) is 5.91 Å². The highest BCUT2D eigenvalue weighted by molar-refractivity contribution is 5.93. The molecule has 94 valence electrons. The van der Waals surface area contributed by atoms with Gasteiger partial charge < -0.3 is 5.32 Å². The lowest BCUT2D eigenvalue weighted by Crippen LogP contribution is -2.26. The minimum absolute atomic E-state index is 0.0149. The molecule has 1 aromatic carbocycles. The summed E-state index contributed by atoms with van der Waals surface area (Å²) in [5, 5.41) is 6.97. The van der Waals surface area contributed by atoms with Gasteiger partial charge in [-0.2, -0.15) is 5.10 Å². The Balaban J connectivity index is 2.10. The number of carbonyl (C=O) groups excluding carboxylic acids is 1. The summed E-state index contributed by atoms with van der Waals surface area (Å²) in [4.78, 5) is 12.0. The third kappa shape index (κ3) is 2.59. The van der Waals surface area contributed by atoms with Crippen LogP contribution in [0.1, 0.15) is 34.5 Å². The molecule has 1 heterocycles. The van der Waals surface area contributed by atoms with E-state index >= 15 is 0 Å². The zero-order chi connectivity index (χ0) is 13.1. The predicted octanol–water partition coefficient (Wildman–Crippen LogP) is 2.22. The maximum absolute atomic E-state index is 12.0. The summed E-state index contributed by atoms with van der Waals surface area (Å²) in [6.07, 6.45) is 3.28. The molecule has 4 heteroatoms. The highest BCUT2D eigenvalue weighted by atomic mass is 16.1. The largest absolute Gasteiger partial charge is 0.345 e. The van der Waals surface area contributed by atoms with Gasteiger partial charge in [-0.3, -0.25) is 9.48 Å². The van der Waals surface area contributed by atoms with Crippen molar-refractivity contribution in [2.75, 3.05) is 0 Å². The van der Waals surface area contributed by atoms with E-state index in [2.05, 4.69) is 10.4 Å². The first-order chi connectivity index (χ1) is 8.58. The van der Waals surface area contributed by atoms with E-state index < -0.39 is 0 Å². The van der Waals surface area contributed by atoms with Crippen LogP contribution in [-0.2, 0) is 7.05 Å². The maximum Gasteiger partial charge on any atom is 0.254 e. The Kier molecular flexibility index (Phi) is 3.46. The average Bonchev–Trinajstić information content (AvgIpc) is 2.76. The summed E-state index contributed by atoms with van der Waals surface area (Å²) in [6.45, 7) is 4.03. The molecule has 1 amide bonds. The number of amides is 1. The van der Waals surface area contributed by atoms with E-state index in [0.717, 1.165) is 5.56 Å². The van der Waals surface area contributed by atoms with Gasteiger partial charge in [0.15, 0.2) is 0 Å². The quantitative estimate of drug-likeness (QED) is 0.898. The van der Waals surface area contributed by atoms with Crippen molar-refractivity contribution >= 4 is 5.91 Å². The van der Waals surface area contributed by atoms with Gasteiger partial charge in [-0.1, -0.05) is 24.3 Å². The average molecular weight is 243 g/mol. The SMILES string of the molecule is Cc1ccccc1C(C)NC(=O)c1cnn(C)c1. The van der Waals surface area contributed by atoms with Crippen LogP contribution < -0.4 is 5.32 Å². The van der Waals surface area contributed by atoms with E-state index in [4.69, 9.17) is 0 Å². The summed E-state index contributed by atoms with van der Waals surface area (Å²) >= 11 is 0. The molecule has 0 aliphatic carbocycles. The van der Waals surface area contributed by atoms with E-state index in [1.165, 1.54) is 5.56 Å². The van der Waals surface area contributed by atoms with E-state index in [0.29, 0.717) is 5.56 Å². The molecule has 0 fully saturated rings. The first-order valence-corrected chi connectivity index (χ1v) is 5.93. The number of hydrogen-bond acceptors (Lipinski definition) is 2. The fourth-order valence-electron chi connectivity index (χ4n) is 1.97. The number of aromatic nitrogens is 2. The highest BCUT2D eigenvalue weighted by Crippen LogP contribution is 2.17. The van der Waals surface area contributed by atoms with Crippen LogP contribution in [0, 0.1) is 6.92 Å². The molecule has 0 radical (unpaired) electrons. The Morgan fingerprint density at radius 3 is 2.72 bits per heavy atom. The Morgan fingerprint density at radius 1 is 1.39 bits per heavy atom. The van der Waals surface area contributed by atoms with Crippen LogP contribution in [0.2, 0.25) is 0 Å². The van der Waals surface area contributed by atoms with Gasteiger partial charge >= 0.3 is 0 Å². The summed E-state index contributed by atoms with van der Waals surface area (Å²) in [7, 11) is 1.79. The molecule has 0 saturated heterocycles. The van der Waals surface area contributed by atoms with Crippen LogP contribution >= 0.6 is 0 Å². The molecule has 0 saturated carbocycles. The molecular formula is C14H17N3O. The van der Waals surface area contributed by atoms with Gasteiger partial charge in [0.05, 0.1) is 17.8 Å². The van der Waals surface area contributed by atoms with Crippen LogP contribution in [0.5, 0.6) is 0 Å². The topological polar surface area (TPSA) is 46.9 Å². The second-order valence-corrected chi connectivity index (χ2v) is 4.45. The number of nitrogens with one attached hydrogen (secondary N) is 1. The number of benzene rings is 1. The summed E-state index contributed by atoms with van der Waals surface area (Å²) in [6, 6.07) is 8.04. The predicted molar refractivity (Wildman–Crippen MR) is 70.3 cm³/mol. The zero-order valence-electron chi connectivity index (χ0n) is 10.8. The monoisotopic (exact) mass is 243 g/mol. The van der Waals surface area contributed by atoms with Crippen LogP contribution in [0.3, 0.4) is 0 Å². The van der Waals surface area contributed by atoms with Gasteiger partial charge in [0, 0.05) is 13.2 Å². The minimum Gasteiger partial charge on any atom is -0.345 e. The fourth-order valence-corrected chi connectivity index (χ4v) is 1.97. The summed E-state index contributed by atoms with van der Waals surface area (Å²) in [5.41, 5.74) is 2.89. The van der Waals surface area contributed by atoms with E-state index in [1.54, 1.807) is 24.1 Å². The van der Waals surface area contributed by atoms with Crippen LogP contribution in [0.4, 0.5) is 0 Å². The summed E-state index contributed by atoms with van der Waals surface area (Å²) in [5.74, 6) is -0.0983. The minimum atomic E-state index is -0.0983. The molecule has 2 rings (SSSR count). The summed E-state index contributed by atoms with van der Waals surface area (Å²) < 4.78 is 1.62. The number of rotatable bonds is 3. The number of nitrogens with zero attached hydrogens (tertiary/aromatic N) is 2. The molecule has 0 spiro atoms. The normalized spacial score (nSPS) is 12.2. The molecule has 1 unspecified atom stereocenters. The molecule has 1 atom stereocenters. The second-order valence-electron chi connectivity index (χ2n) is 4.45. The standard InChI is InChI=1S/C14H17N3O/c1-10-6-4-5-7-13(10)11(2)16-14(18)12-8-15-17(3)9-12/h4-9,11H,1-3H3,(H,16,18). The van der Waals surface area contributed by atoms with Crippen LogP contribution in [0.25, 0.3) is 0 Å². The maximum atomic E-state index is 12.0. The molecule has 0 aliphatic heterocycles. The highest BCUT2D eigenvalue weighted by Gasteiger charge is 2.13. The molecule has 0 bridgehead atoms. The number of carbonyl (C=O) groups is 1. The van der Waals surface area contributed by atoms with Crippen molar-refractivity contribution in [2.45, 2.75) is 19.9 Å². The van der Waals surface area contributed by atoms with Gasteiger partial charge in [-0.25, -0.2) is 0 Å². The van der Waals surface area contributed by atoms with Gasteiger partial charge in [-0.15, -0.1) is 0 Å². The van der Waals surface area contributed by atoms with E-state index in [1.807, 2.05) is 38.1 Å². The van der Waals surface area contributed by atoms with Crippen molar-refractivity contribution < 1.29 is 4.79 Å². The molecule has 0 aliphatic rings. The lowest BCUT2D eigenvalue weighted by atomic mass is 10.0. The molecule has 4 nitrogen and oxygen atoms in total. The number of hydrogen-bond donors (Lipinski definition) is 1. The van der Waals surface area contributed by atoms with Crippen LogP contribution in [-0.4, -0.2) is 15.7 Å². The molecule has 1 N–H and O–H groups in total. The Bertz CT molecular complexity index is 560. The Morgan fingerprint density at radius 2 is 2.11 bits per heavy atom. The molecular weight excluding hydrogens is 226 g/mol. The van der Waals surface area contributed by atoms with Crippen molar-refractivity contribution in [3.63, 3.8) is 0 Å². The van der Waals surface area contributed by atoms with E-state index in [-0.39, 0.29) is 11.9 Å². The van der Waals surface area contributed by atoms with Gasteiger partial charge in [0.2, 0.25) is 0 Å². The molecule has 1 aromatic heterocycles. The van der Waals surface area contributed by atoms with Crippen LogP contribution in [0.15, 0.2) is 36.7 Å². The lowest BCUT2D eigenvalue weighted by Gasteiger charge is -2.15. The number of aryl methyl sites for hydroxylation is 2. The van der Waals surface area contributed by atoms with Crippen molar-refractivity contribution in [1.29, 1.82) is 0 Å². The first-order valence-electron chi connectivity index (χ1n) is 5.93. The second kappa shape index (κ2) is 5.04. The fraction of sp³-hybridized carbons (Fsp3) is 0.286. The zero-order valence-corrected chi connectivity index (χ0v) is 10.8. The lowest BCUT2D eigenvalue weighted by molar-refractivity contribution is 0.0939. The van der Waals surface area contributed by atoms with Gasteiger partial charge in [0.1, 0.15) is 0 Å². The smallest absolute Gasteiger partial charge is 0.254 e. The van der Waals surface area contributed by atoms with Crippen molar-refractivity contribution in [3.8, 4) is 0 Å². The van der Waals surface area contributed by atoms with Crippen molar-refractivity contribution in [3.05, 3.63) is 53.3 Å². The van der Waals surface area contributed by atoms with E-state index in [9.17, 15) is 4.79 Å². The molecule has 18 heavy (non-hydrogen) atoms. The first kappa shape index (κ1) is 12.4. The third-order valence-electron chi connectivity index (χ3n) is 2.97. The van der Waals surface area contributed by atoms with Crippen molar-refractivity contribution in [1.82, 2.24) is 15.1 Å². The Hall–Kier alpha value is -2.10. The van der Waals surface area contributed by atoms with Gasteiger partial charge in [-0.05, 0) is 25.0 Å². The van der Waals surface area contributed by atoms with Crippen molar-refractivity contribution in [2.24, 2.45) is 7.05 Å². The molecule has 2 aromatic rings. The Labute approximate surface area is 107 Å². The third-order valence-corrected chi connectivity index (χ3v) is 2.97.